The van der Waals surface area contributed by atoms with Gasteiger partial charge in [-0.05, 0) is 12.1 Å². The molecule has 0 N–H and O–H groups in total. The third-order valence-electron chi connectivity index (χ3n) is 2.74. The first-order chi connectivity index (χ1) is 8.32. The number of sulfone groups is 1. The van der Waals surface area contributed by atoms with Crippen LogP contribution in [0.4, 0.5) is 0 Å². The topological polar surface area (TPSA) is 71.5 Å². The van der Waals surface area contributed by atoms with E-state index in [1.165, 1.54) is 0 Å². The van der Waals surface area contributed by atoms with Crippen molar-refractivity contribution in [3.8, 4) is 0 Å². The van der Waals surface area contributed by atoms with Crippen molar-refractivity contribution >= 4 is 21.7 Å². The fourth-order valence-corrected chi connectivity index (χ4v) is 2.04. The molecule has 0 unspecified atom stereocenters. The van der Waals surface area contributed by atoms with Crippen LogP contribution in [0.5, 0.6) is 0 Å². The highest BCUT2D eigenvalue weighted by Gasteiger charge is 2.36. The third-order valence-corrected chi connectivity index (χ3v) is 3.91. The Morgan fingerprint density at radius 2 is 1.61 bits per heavy atom. The van der Waals surface area contributed by atoms with Crippen LogP contribution in [-0.2, 0) is 9.84 Å². The number of carbonyl (C=O) groups is 2. The molecule has 6 heteroatoms. The maximum absolute atomic E-state index is 11.9. The number of fused-ring (bicyclic) bond motifs is 1. The molecule has 1 aliphatic heterocycles. The minimum Gasteiger partial charge on any atom is -0.269 e. The minimum absolute atomic E-state index is 0.156. The molecule has 18 heavy (non-hydrogen) atoms. The van der Waals surface area contributed by atoms with E-state index in [1.54, 1.807) is 24.3 Å². The smallest absolute Gasteiger partial charge is 0.261 e. The van der Waals surface area contributed by atoms with Crippen molar-refractivity contribution in [1.82, 2.24) is 4.90 Å². The molecule has 0 aromatic heterocycles. The molecule has 0 bridgehead atoms. The predicted molar refractivity (Wildman–Crippen MR) is 65.8 cm³/mol. The van der Waals surface area contributed by atoms with Crippen LogP contribution in [0.3, 0.4) is 0 Å². The summed E-state index contributed by atoms with van der Waals surface area (Å²) in [6.45, 7) is 3.09. The van der Waals surface area contributed by atoms with E-state index in [0.29, 0.717) is 11.1 Å². The Labute approximate surface area is 105 Å². The SMILES string of the molecule is C=C(CN1C(=O)c2ccccc2C1=O)S(C)(=O)=O. The van der Waals surface area contributed by atoms with Crippen LogP contribution in [-0.4, -0.2) is 37.9 Å². The highest BCUT2D eigenvalue weighted by molar-refractivity contribution is 7.94. The number of nitrogens with zero attached hydrogens (tertiary/aromatic N) is 1. The second-order valence-electron chi connectivity index (χ2n) is 4.05. The van der Waals surface area contributed by atoms with Crippen molar-refractivity contribution in [1.29, 1.82) is 0 Å². The lowest BCUT2D eigenvalue weighted by molar-refractivity contribution is 0.0671. The molecule has 0 atom stereocenters. The summed E-state index contributed by atoms with van der Waals surface area (Å²) in [6, 6.07) is 6.38. The van der Waals surface area contributed by atoms with Gasteiger partial charge in [0, 0.05) is 6.26 Å². The highest BCUT2D eigenvalue weighted by Crippen LogP contribution is 2.23. The Morgan fingerprint density at radius 3 is 2.00 bits per heavy atom. The van der Waals surface area contributed by atoms with Crippen LogP contribution in [0.15, 0.2) is 35.7 Å². The summed E-state index contributed by atoms with van der Waals surface area (Å²) < 4.78 is 22.5. The maximum atomic E-state index is 11.9. The Bertz CT molecular complexity index is 625. The molecule has 0 saturated heterocycles. The fourth-order valence-electron chi connectivity index (χ4n) is 1.68. The third kappa shape index (κ3) is 1.95. The summed E-state index contributed by atoms with van der Waals surface area (Å²) in [7, 11) is -3.47. The maximum Gasteiger partial charge on any atom is 0.261 e. The van der Waals surface area contributed by atoms with Crippen molar-refractivity contribution in [3.63, 3.8) is 0 Å². The number of carbonyl (C=O) groups excluding carboxylic acids is 2. The van der Waals surface area contributed by atoms with Gasteiger partial charge in [-0.3, -0.25) is 14.5 Å². The molecule has 1 aromatic rings. The lowest BCUT2D eigenvalue weighted by Crippen LogP contribution is -2.32. The van der Waals surface area contributed by atoms with Crippen LogP contribution < -0.4 is 0 Å². The number of hydrogen-bond acceptors (Lipinski definition) is 4. The van der Waals surface area contributed by atoms with Gasteiger partial charge >= 0.3 is 0 Å². The second kappa shape index (κ2) is 4.06. The van der Waals surface area contributed by atoms with E-state index in [9.17, 15) is 18.0 Å². The largest absolute Gasteiger partial charge is 0.269 e. The minimum atomic E-state index is -3.47. The molecule has 2 amide bonds. The Morgan fingerprint density at radius 1 is 1.17 bits per heavy atom. The summed E-state index contributed by atoms with van der Waals surface area (Å²) in [5.74, 6) is -0.971. The van der Waals surface area contributed by atoms with Crippen molar-refractivity contribution < 1.29 is 18.0 Å². The molecule has 0 spiro atoms. The number of amides is 2. The van der Waals surface area contributed by atoms with E-state index < -0.39 is 21.7 Å². The van der Waals surface area contributed by atoms with Gasteiger partial charge in [0.05, 0.1) is 22.6 Å². The molecule has 94 valence electrons. The van der Waals surface area contributed by atoms with Crippen LogP contribution in [0, 0.1) is 0 Å². The Balaban J connectivity index is 2.33. The summed E-state index contributed by atoms with van der Waals surface area (Å²) in [5.41, 5.74) is 0.590. The number of hydrogen-bond donors (Lipinski definition) is 0. The van der Waals surface area contributed by atoms with E-state index in [1.807, 2.05) is 0 Å². The molecule has 1 aromatic carbocycles. The first-order valence-corrected chi connectivity index (χ1v) is 7.04. The molecule has 0 radical (unpaired) electrons. The van der Waals surface area contributed by atoms with Gasteiger partial charge in [0.1, 0.15) is 0 Å². The lowest BCUT2D eigenvalue weighted by atomic mass is 10.1. The number of benzene rings is 1. The highest BCUT2D eigenvalue weighted by atomic mass is 32.2. The quantitative estimate of drug-likeness (QED) is 0.759. The van der Waals surface area contributed by atoms with Gasteiger partial charge in [0.25, 0.3) is 11.8 Å². The summed E-state index contributed by atoms with van der Waals surface area (Å²) in [5, 5.41) is 0. The summed E-state index contributed by atoms with van der Waals surface area (Å²) in [4.78, 5) is 24.6. The van der Waals surface area contributed by atoms with Gasteiger partial charge in [-0.15, -0.1) is 0 Å². The van der Waals surface area contributed by atoms with Crippen LogP contribution in [0.1, 0.15) is 20.7 Å². The molecule has 5 nitrogen and oxygen atoms in total. The normalized spacial score (nSPS) is 14.8. The van der Waals surface area contributed by atoms with Crippen molar-refractivity contribution in [2.24, 2.45) is 0 Å². The molecule has 0 saturated carbocycles. The monoisotopic (exact) mass is 265 g/mol. The average molecular weight is 265 g/mol. The van der Waals surface area contributed by atoms with E-state index in [-0.39, 0.29) is 11.4 Å². The number of rotatable bonds is 3. The van der Waals surface area contributed by atoms with Gasteiger partial charge in [0.15, 0.2) is 9.84 Å². The lowest BCUT2D eigenvalue weighted by Gasteiger charge is -2.14. The van der Waals surface area contributed by atoms with Gasteiger partial charge in [0.2, 0.25) is 0 Å². The van der Waals surface area contributed by atoms with Gasteiger partial charge in [-0.2, -0.15) is 0 Å². The zero-order valence-corrected chi connectivity index (χ0v) is 10.5. The van der Waals surface area contributed by atoms with Crippen molar-refractivity contribution in [2.45, 2.75) is 0 Å². The average Bonchev–Trinajstić information content (AvgIpc) is 2.54. The van der Waals surface area contributed by atoms with Gasteiger partial charge < -0.3 is 0 Å². The fraction of sp³-hybridized carbons (Fsp3) is 0.167. The van der Waals surface area contributed by atoms with Crippen molar-refractivity contribution in [2.75, 3.05) is 12.8 Å². The second-order valence-corrected chi connectivity index (χ2v) is 6.17. The van der Waals surface area contributed by atoms with E-state index >= 15 is 0 Å². The van der Waals surface area contributed by atoms with Gasteiger partial charge in [-0.25, -0.2) is 8.42 Å². The van der Waals surface area contributed by atoms with Crippen LogP contribution in [0.25, 0.3) is 0 Å². The van der Waals surface area contributed by atoms with E-state index in [0.717, 1.165) is 11.2 Å². The Hall–Kier alpha value is -1.95. The zero-order chi connectivity index (χ0) is 13.5. The van der Waals surface area contributed by atoms with E-state index in [2.05, 4.69) is 6.58 Å². The molecular formula is C12H11NO4S. The molecule has 0 fully saturated rings. The van der Waals surface area contributed by atoms with Gasteiger partial charge in [-0.1, -0.05) is 18.7 Å². The Kier molecular flexibility index (Phi) is 2.82. The van der Waals surface area contributed by atoms with Crippen LogP contribution in [0.2, 0.25) is 0 Å². The molecule has 0 aliphatic carbocycles. The summed E-state index contributed by atoms with van der Waals surface area (Å²) in [6.07, 6.45) is 0.994. The van der Waals surface area contributed by atoms with Crippen LogP contribution >= 0.6 is 0 Å². The predicted octanol–water partition coefficient (Wildman–Crippen LogP) is 0.841. The molecule has 1 aliphatic rings. The first-order valence-electron chi connectivity index (χ1n) is 5.15. The summed E-state index contributed by atoms with van der Waals surface area (Å²) >= 11 is 0. The molecular weight excluding hydrogens is 254 g/mol. The standard InChI is InChI=1S/C12H11NO4S/c1-8(18(2,16)17)7-13-11(14)9-5-3-4-6-10(9)12(13)15/h3-6H,1,7H2,2H3. The molecule has 2 rings (SSSR count). The van der Waals surface area contributed by atoms with E-state index in [4.69, 9.17) is 0 Å². The number of imide groups is 1. The first kappa shape index (κ1) is 12.5. The van der Waals surface area contributed by atoms with Crippen molar-refractivity contribution in [3.05, 3.63) is 46.9 Å². The molecule has 1 heterocycles. The zero-order valence-electron chi connectivity index (χ0n) is 9.71.